The molecule has 1 aromatic heterocycles. The van der Waals surface area contributed by atoms with Crippen molar-refractivity contribution in [3.05, 3.63) is 90.9 Å². The van der Waals surface area contributed by atoms with E-state index in [1.54, 1.807) is 30.0 Å². The van der Waals surface area contributed by atoms with Crippen LogP contribution in [-0.4, -0.2) is 24.2 Å². The minimum Gasteiger partial charge on any atom is -0.486 e. The zero-order valence-corrected chi connectivity index (χ0v) is 17.0. The van der Waals surface area contributed by atoms with Gasteiger partial charge in [0, 0.05) is 10.6 Å². The SMILES string of the molecule is C=CCSc1ccccc1NC(=O)COC(=O)c1ccc(COc2ccccc2)o1. The average molecular weight is 423 g/mol. The molecule has 1 amide bonds. The van der Waals surface area contributed by atoms with Gasteiger partial charge in [0.15, 0.2) is 6.61 Å². The second kappa shape index (κ2) is 10.9. The number of hydrogen-bond donors (Lipinski definition) is 1. The molecule has 0 saturated heterocycles. The number of benzene rings is 2. The minimum atomic E-state index is -0.717. The van der Waals surface area contributed by atoms with Gasteiger partial charge in [0.25, 0.3) is 5.91 Å². The molecule has 0 bridgehead atoms. The fourth-order valence-corrected chi connectivity index (χ4v) is 3.22. The van der Waals surface area contributed by atoms with Crippen molar-refractivity contribution < 1.29 is 23.5 Å². The largest absolute Gasteiger partial charge is 0.486 e. The molecular weight excluding hydrogens is 402 g/mol. The Morgan fingerprint density at radius 2 is 1.80 bits per heavy atom. The zero-order valence-electron chi connectivity index (χ0n) is 16.2. The summed E-state index contributed by atoms with van der Waals surface area (Å²) in [5, 5.41) is 2.75. The molecule has 0 atom stereocenters. The molecule has 0 radical (unpaired) electrons. The van der Waals surface area contributed by atoms with E-state index < -0.39 is 18.5 Å². The Hall–Kier alpha value is -3.45. The standard InChI is InChI=1S/C23H21NO5S/c1-2-14-30-21-11-7-6-10-19(21)24-22(25)16-28-23(26)20-13-12-18(29-20)15-27-17-8-4-3-5-9-17/h2-13H,1,14-16H2,(H,24,25). The van der Waals surface area contributed by atoms with Gasteiger partial charge in [0.2, 0.25) is 5.76 Å². The van der Waals surface area contributed by atoms with E-state index in [9.17, 15) is 9.59 Å². The summed E-state index contributed by atoms with van der Waals surface area (Å²) in [5.74, 6) is 0.747. The molecule has 0 saturated carbocycles. The van der Waals surface area contributed by atoms with Crippen LogP contribution in [0, 0.1) is 0 Å². The Morgan fingerprint density at radius 3 is 2.60 bits per heavy atom. The number of para-hydroxylation sites is 2. The Labute approximate surface area is 178 Å². The van der Waals surface area contributed by atoms with Gasteiger partial charge < -0.3 is 19.2 Å². The molecule has 7 heteroatoms. The molecule has 0 aliphatic carbocycles. The Morgan fingerprint density at radius 1 is 1.03 bits per heavy atom. The van der Waals surface area contributed by atoms with Gasteiger partial charge in [-0.25, -0.2) is 4.79 Å². The first-order valence-corrected chi connectivity index (χ1v) is 10.2. The van der Waals surface area contributed by atoms with Gasteiger partial charge in [-0.1, -0.05) is 36.4 Å². The molecule has 2 aromatic carbocycles. The molecule has 3 rings (SSSR count). The number of esters is 1. The number of thioether (sulfide) groups is 1. The Kier molecular flexibility index (Phi) is 7.74. The highest BCUT2D eigenvalue weighted by Crippen LogP contribution is 2.26. The first kappa shape index (κ1) is 21.3. The Bertz CT molecular complexity index is 1000. The van der Waals surface area contributed by atoms with Crippen molar-refractivity contribution in [2.24, 2.45) is 0 Å². The van der Waals surface area contributed by atoms with E-state index in [4.69, 9.17) is 13.9 Å². The van der Waals surface area contributed by atoms with E-state index in [1.165, 1.54) is 6.07 Å². The van der Waals surface area contributed by atoms with Gasteiger partial charge in [-0.2, -0.15) is 0 Å². The number of carbonyl (C=O) groups is 2. The molecule has 30 heavy (non-hydrogen) atoms. The summed E-state index contributed by atoms with van der Waals surface area (Å²) in [6.07, 6.45) is 1.79. The van der Waals surface area contributed by atoms with E-state index in [0.717, 1.165) is 10.6 Å². The number of furan rings is 1. The second-order valence-corrected chi connectivity index (χ2v) is 7.15. The van der Waals surface area contributed by atoms with E-state index in [2.05, 4.69) is 11.9 Å². The van der Waals surface area contributed by atoms with E-state index >= 15 is 0 Å². The highest BCUT2D eigenvalue weighted by molar-refractivity contribution is 7.99. The maximum atomic E-state index is 12.2. The summed E-state index contributed by atoms with van der Waals surface area (Å²) in [7, 11) is 0. The highest BCUT2D eigenvalue weighted by atomic mass is 32.2. The van der Waals surface area contributed by atoms with Crippen LogP contribution in [0.2, 0.25) is 0 Å². The number of amides is 1. The van der Waals surface area contributed by atoms with Crippen molar-refractivity contribution in [1.29, 1.82) is 0 Å². The van der Waals surface area contributed by atoms with Crippen LogP contribution in [-0.2, 0) is 16.1 Å². The average Bonchev–Trinajstić information content (AvgIpc) is 3.25. The summed E-state index contributed by atoms with van der Waals surface area (Å²) in [6, 6.07) is 19.8. The first-order valence-electron chi connectivity index (χ1n) is 9.22. The molecule has 0 fully saturated rings. The van der Waals surface area contributed by atoms with Crippen LogP contribution in [0.4, 0.5) is 5.69 Å². The molecule has 1 heterocycles. The Balaban J connectivity index is 1.48. The molecule has 154 valence electrons. The number of rotatable bonds is 10. The fourth-order valence-electron chi connectivity index (χ4n) is 2.47. The minimum absolute atomic E-state index is 0.0106. The molecule has 6 nitrogen and oxygen atoms in total. The number of ether oxygens (including phenoxy) is 2. The lowest BCUT2D eigenvalue weighted by atomic mass is 10.3. The molecule has 0 unspecified atom stereocenters. The van der Waals surface area contributed by atoms with Crippen molar-refractivity contribution >= 4 is 29.3 Å². The third kappa shape index (κ3) is 6.28. The zero-order chi connectivity index (χ0) is 21.2. The summed E-state index contributed by atoms with van der Waals surface area (Å²) >= 11 is 1.55. The van der Waals surface area contributed by atoms with Crippen LogP contribution >= 0.6 is 11.8 Å². The summed E-state index contributed by atoms with van der Waals surface area (Å²) in [5.41, 5.74) is 0.656. The molecule has 0 aliphatic heterocycles. The van der Waals surface area contributed by atoms with Crippen LogP contribution < -0.4 is 10.1 Å². The summed E-state index contributed by atoms with van der Waals surface area (Å²) < 4.78 is 16.1. The van der Waals surface area contributed by atoms with Crippen LogP contribution in [0.1, 0.15) is 16.3 Å². The first-order chi connectivity index (χ1) is 14.7. The lowest BCUT2D eigenvalue weighted by molar-refractivity contribution is -0.119. The van der Waals surface area contributed by atoms with Crippen molar-refractivity contribution in [2.45, 2.75) is 11.5 Å². The lowest BCUT2D eigenvalue weighted by Gasteiger charge is -2.10. The smallest absolute Gasteiger partial charge is 0.374 e. The third-order valence-corrected chi connectivity index (χ3v) is 4.91. The topological polar surface area (TPSA) is 77.8 Å². The molecule has 0 aliphatic rings. The number of hydrogen-bond acceptors (Lipinski definition) is 6. The van der Waals surface area contributed by atoms with Gasteiger partial charge >= 0.3 is 5.97 Å². The van der Waals surface area contributed by atoms with Gasteiger partial charge in [-0.05, 0) is 36.4 Å². The van der Waals surface area contributed by atoms with Gasteiger partial charge in [-0.3, -0.25) is 4.79 Å². The molecular formula is C23H21NO5S. The highest BCUT2D eigenvalue weighted by Gasteiger charge is 2.15. The fraction of sp³-hybridized carbons (Fsp3) is 0.130. The van der Waals surface area contributed by atoms with Crippen LogP contribution in [0.5, 0.6) is 5.75 Å². The van der Waals surface area contributed by atoms with Crippen molar-refractivity contribution in [3.63, 3.8) is 0 Å². The van der Waals surface area contributed by atoms with Crippen molar-refractivity contribution in [3.8, 4) is 5.75 Å². The van der Waals surface area contributed by atoms with Crippen LogP contribution in [0.3, 0.4) is 0 Å². The van der Waals surface area contributed by atoms with Gasteiger partial charge in [0.1, 0.15) is 18.1 Å². The molecule has 1 N–H and O–H groups in total. The quantitative estimate of drug-likeness (QED) is 0.283. The van der Waals surface area contributed by atoms with Crippen molar-refractivity contribution in [1.82, 2.24) is 0 Å². The predicted octanol–water partition coefficient (Wildman–Crippen LogP) is 4.93. The van der Waals surface area contributed by atoms with E-state index in [-0.39, 0.29) is 12.4 Å². The van der Waals surface area contributed by atoms with Crippen LogP contribution in [0.15, 0.2) is 88.7 Å². The van der Waals surface area contributed by atoms with Gasteiger partial charge in [-0.15, -0.1) is 18.3 Å². The maximum absolute atomic E-state index is 12.2. The normalized spacial score (nSPS) is 10.3. The van der Waals surface area contributed by atoms with E-state index in [1.807, 2.05) is 48.5 Å². The van der Waals surface area contributed by atoms with Crippen molar-refractivity contribution in [2.75, 3.05) is 17.7 Å². The molecule has 3 aromatic rings. The number of carbonyl (C=O) groups excluding carboxylic acids is 2. The third-order valence-electron chi connectivity index (χ3n) is 3.84. The van der Waals surface area contributed by atoms with Crippen LogP contribution in [0.25, 0.3) is 0 Å². The van der Waals surface area contributed by atoms with E-state index in [0.29, 0.717) is 17.2 Å². The number of nitrogens with one attached hydrogen (secondary N) is 1. The van der Waals surface area contributed by atoms with Gasteiger partial charge in [0.05, 0.1) is 5.69 Å². The molecule has 0 spiro atoms. The lowest BCUT2D eigenvalue weighted by Crippen LogP contribution is -2.21. The second-order valence-electron chi connectivity index (χ2n) is 6.09. The monoisotopic (exact) mass is 423 g/mol. The summed E-state index contributed by atoms with van der Waals surface area (Å²) in [4.78, 5) is 25.2. The predicted molar refractivity (Wildman–Crippen MR) is 116 cm³/mol. The number of anilines is 1. The summed E-state index contributed by atoms with van der Waals surface area (Å²) in [6.45, 7) is 3.45. The maximum Gasteiger partial charge on any atom is 0.374 e.